The number of carbonyl (C=O) groups excluding carboxylic acids is 1. The second kappa shape index (κ2) is 4.59. The van der Waals surface area contributed by atoms with Crippen molar-refractivity contribution < 1.29 is 13.9 Å². The van der Waals surface area contributed by atoms with Crippen LogP contribution < -0.4 is 10.6 Å². The first-order chi connectivity index (χ1) is 10.7. The predicted molar refractivity (Wildman–Crippen MR) is 82.6 cm³/mol. The van der Waals surface area contributed by atoms with Crippen LogP contribution >= 0.6 is 0 Å². The van der Waals surface area contributed by atoms with Crippen molar-refractivity contribution in [3.8, 4) is 0 Å². The summed E-state index contributed by atoms with van der Waals surface area (Å²) in [6, 6.07) is 10.5. The first kappa shape index (κ1) is 12.9. The van der Waals surface area contributed by atoms with Gasteiger partial charge in [0.25, 0.3) is 5.91 Å². The number of benzene rings is 2. The largest absolute Gasteiger partial charge is 0.487 e. The molecule has 0 spiro atoms. The quantitative estimate of drug-likeness (QED) is 0.794. The number of amides is 1. The molecule has 5 heteroatoms. The molecular formula is C17H13FN2O2. The van der Waals surface area contributed by atoms with Gasteiger partial charge in [0.05, 0.1) is 11.3 Å². The van der Waals surface area contributed by atoms with E-state index in [2.05, 4.69) is 10.6 Å². The molecule has 0 saturated carbocycles. The van der Waals surface area contributed by atoms with Crippen LogP contribution in [0.5, 0.6) is 0 Å². The molecule has 0 radical (unpaired) electrons. The van der Waals surface area contributed by atoms with Crippen molar-refractivity contribution in [3.63, 3.8) is 0 Å². The van der Waals surface area contributed by atoms with Crippen LogP contribution in [0.4, 0.5) is 15.8 Å². The molecule has 0 atom stereocenters. The lowest BCUT2D eigenvalue weighted by Gasteiger charge is -2.05. The zero-order valence-corrected chi connectivity index (χ0v) is 11.9. The van der Waals surface area contributed by atoms with E-state index in [1.54, 1.807) is 12.1 Å². The number of anilines is 2. The van der Waals surface area contributed by atoms with Crippen LogP contribution in [0.15, 0.2) is 36.4 Å². The van der Waals surface area contributed by atoms with Crippen LogP contribution in [0, 0.1) is 5.82 Å². The number of para-hydroxylation sites is 1. The Bertz CT molecular complexity index is 843. The van der Waals surface area contributed by atoms with Gasteiger partial charge in [-0.3, -0.25) is 4.79 Å². The molecule has 4 rings (SSSR count). The van der Waals surface area contributed by atoms with Gasteiger partial charge in [-0.05, 0) is 24.3 Å². The molecule has 2 aliphatic heterocycles. The van der Waals surface area contributed by atoms with Crippen molar-refractivity contribution in [2.75, 3.05) is 17.7 Å². The Hall–Kier alpha value is -2.82. The molecule has 4 nitrogen and oxygen atoms in total. The zero-order chi connectivity index (χ0) is 15.3. The number of carbonyl (C=O) groups is 1. The lowest BCUT2D eigenvalue weighted by molar-refractivity contribution is -0.110. The van der Waals surface area contributed by atoms with E-state index in [1.807, 2.05) is 25.2 Å². The Balaban J connectivity index is 1.92. The standard InChI is InChI=1S/C17H13FN2O2/c1-19-10-5-6-11-9(7-10)8-22-16(11)14-12-3-2-4-13(18)15(12)20-17(14)21/h2-7,19H,8H2,1H3,(H,20,21)/b16-14+. The first-order valence-corrected chi connectivity index (χ1v) is 6.97. The highest BCUT2D eigenvalue weighted by Gasteiger charge is 2.33. The third-order valence-electron chi connectivity index (χ3n) is 3.99. The topological polar surface area (TPSA) is 50.4 Å². The fourth-order valence-corrected chi connectivity index (χ4v) is 2.91. The van der Waals surface area contributed by atoms with Gasteiger partial charge in [0.15, 0.2) is 0 Å². The number of nitrogens with one attached hydrogen (secondary N) is 2. The van der Waals surface area contributed by atoms with Gasteiger partial charge in [-0.15, -0.1) is 0 Å². The van der Waals surface area contributed by atoms with Gasteiger partial charge in [-0.1, -0.05) is 12.1 Å². The third-order valence-corrected chi connectivity index (χ3v) is 3.99. The summed E-state index contributed by atoms with van der Waals surface area (Å²) < 4.78 is 19.6. The van der Waals surface area contributed by atoms with E-state index in [4.69, 9.17) is 4.74 Å². The molecule has 22 heavy (non-hydrogen) atoms. The number of fused-ring (bicyclic) bond motifs is 2. The molecule has 0 aliphatic carbocycles. The van der Waals surface area contributed by atoms with E-state index in [-0.39, 0.29) is 11.6 Å². The normalized spacial score (nSPS) is 18.5. The molecule has 110 valence electrons. The van der Waals surface area contributed by atoms with Crippen LogP contribution in [-0.2, 0) is 16.1 Å². The average Bonchev–Trinajstić information content (AvgIpc) is 3.07. The minimum absolute atomic E-state index is 0.221. The monoisotopic (exact) mass is 296 g/mol. The second-order valence-electron chi connectivity index (χ2n) is 5.23. The summed E-state index contributed by atoms with van der Waals surface area (Å²) in [6.07, 6.45) is 0. The minimum atomic E-state index is -0.440. The smallest absolute Gasteiger partial charge is 0.260 e. The number of rotatable bonds is 1. The highest BCUT2D eigenvalue weighted by atomic mass is 19.1. The van der Waals surface area contributed by atoms with E-state index in [0.717, 1.165) is 16.8 Å². The average molecular weight is 296 g/mol. The summed E-state index contributed by atoms with van der Waals surface area (Å²) in [6.45, 7) is 0.404. The molecule has 0 unspecified atom stereocenters. The second-order valence-corrected chi connectivity index (χ2v) is 5.23. The molecule has 0 aromatic heterocycles. The summed E-state index contributed by atoms with van der Waals surface area (Å²) >= 11 is 0. The van der Waals surface area contributed by atoms with Crippen LogP contribution in [0.25, 0.3) is 11.3 Å². The van der Waals surface area contributed by atoms with Crippen molar-refractivity contribution in [1.29, 1.82) is 0 Å². The summed E-state index contributed by atoms with van der Waals surface area (Å²) in [5, 5.41) is 5.65. The van der Waals surface area contributed by atoms with Crippen LogP contribution in [-0.4, -0.2) is 13.0 Å². The molecule has 2 heterocycles. The molecule has 0 saturated heterocycles. The zero-order valence-electron chi connectivity index (χ0n) is 11.9. The Kier molecular flexibility index (Phi) is 2.69. The van der Waals surface area contributed by atoms with E-state index >= 15 is 0 Å². The van der Waals surface area contributed by atoms with E-state index in [1.165, 1.54) is 6.07 Å². The van der Waals surface area contributed by atoms with Crippen molar-refractivity contribution in [1.82, 2.24) is 0 Å². The van der Waals surface area contributed by atoms with Crippen LogP contribution in [0.2, 0.25) is 0 Å². The third kappa shape index (κ3) is 1.72. The highest BCUT2D eigenvalue weighted by molar-refractivity contribution is 6.36. The molecule has 2 N–H and O–H groups in total. The summed E-state index contributed by atoms with van der Waals surface area (Å²) in [5.74, 6) is -0.259. The maximum absolute atomic E-state index is 13.8. The highest BCUT2D eigenvalue weighted by Crippen LogP contribution is 2.42. The van der Waals surface area contributed by atoms with Crippen LogP contribution in [0.3, 0.4) is 0 Å². The minimum Gasteiger partial charge on any atom is -0.487 e. The van der Waals surface area contributed by atoms with Crippen molar-refractivity contribution in [2.24, 2.45) is 0 Å². The lowest BCUT2D eigenvalue weighted by atomic mass is 10.00. The van der Waals surface area contributed by atoms with Crippen LogP contribution in [0.1, 0.15) is 16.7 Å². The van der Waals surface area contributed by atoms with E-state index in [0.29, 0.717) is 23.5 Å². The fourth-order valence-electron chi connectivity index (χ4n) is 2.91. The van der Waals surface area contributed by atoms with Gasteiger partial charge in [-0.2, -0.15) is 0 Å². The fraction of sp³-hybridized carbons (Fsp3) is 0.118. The Morgan fingerprint density at radius 3 is 2.91 bits per heavy atom. The predicted octanol–water partition coefficient (Wildman–Crippen LogP) is 3.22. The van der Waals surface area contributed by atoms with Crippen molar-refractivity contribution >= 4 is 28.6 Å². The molecule has 1 amide bonds. The van der Waals surface area contributed by atoms with Crippen molar-refractivity contribution in [2.45, 2.75) is 6.61 Å². The van der Waals surface area contributed by atoms with E-state index in [9.17, 15) is 9.18 Å². The van der Waals surface area contributed by atoms with Gasteiger partial charge >= 0.3 is 0 Å². The summed E-state index contributed by atoms with van der Waals surface area (Å²) in [5.41, 5.74) is 4.03. The van der Waals surface area contributed by atoms with Gasteiger partial charge in [0.1, 0.15) is 18.2 Å². The first-order valence-electron chi connectivity index (χ1n) is 6.97. The number of hydrogen-bond acceptors (Lipinski definition) is 3. The molecule has 2 aromatic carbocycles. The SMILES string of the molecule is CNc1ccc2c(c1)CO/C2=C1/C(=O)Nc2c(F)cccc21. The van der Waals surface area contributed by atoms with Gasteiger partial charge < -0.3 is 15.4 Å². The van der Waals surface area contributed by atoms with Gasteiger partial charge in [-0.25, -0.2) is 4.39 Å². The lowest BCUT2D eigenvalue weighted by Crippen LogP contribution is -2.06. The number of hydrogen-bond donors (Lipinski definition) is 2. The summed E-state index contributed by atoms with van der Waals surface area (Å²) in [7, 11) is 1.85. The number of ether oxygens (including phenoxy) is 1. The maximum atomic E-state index is 13.8. The molecular weight excluding hydrogens is 283 g/mol. The Morgan fingerprint density at radius 2 is 2.09 bits per heavy atom. The Morgan fingerprint density at radius 1 is 1.23 bits per heavy atom. The molecule has 2 aliphatic rings. The molecule has 2 aromatic rings. The van der Waals surface area contributed by atoms with Gasteiger partial charge in [0, 0.05) is 29.4 Å². The maximum Gasteiger partial charge on any atom is 0.260 e. The van der Waals surface area contributed by atoms with Gasteiger partial charge in [0.2, 0.25) is 0 Å². The molecule has 0 fully saturated rings. The number of halogens is 1. The van der Waals surface area contributed by atoms with E-state index < -0.39 is 5.82 Å². The Labute approximate surface area is 126 Å². The molecule has 0 bridgehead atoms. The van der Waals surface area contributed by atoms with Crippen molar-refractivity contribution in [3.05, 3.63) is 58.9 Å². The summed E-state index contributed by atoms with van der Waals surface area (Å²) in [4.78, 5) is 12.3.